The van der Waals surface area contributed by atoms with Crippen molar-refractivity contribution in [2.24, 2.45) is 0 Å². The molecule has 2 aromatic heterocycles. The fourth-order valence-corrected chi connectivity index (χ4v) is 5.88. The minimum absolute atomic E-state index is 0.296. The summed E-state index contributed by atoms with van der Waals surface area (Å²) in [5.41, 5.74) is 3.59. The van der Waals surface area contributed by atoms with Crippen LogP contribution in [-0.2, 0) is 9.47 Å². The molecule has 0 spiro atoms. The Bertz CT molecular complexity index is 1530. The van der Waals surface area contributed by atoms with Crippen molar-refractivity contribution in [2.75, 3.05) is 30.5 Å². The molecule has 2 aromatic carbocycles. The summed E-state index contributed by atoms with van der Waals surface area (Å²) < 4.78 is 13.3. The molecule has 0 atom stereocenters. The van der Waals surface area contributed by atoms with Gasteiger partial charge >= 0.3 is 6.09 Å². The van der Waals surface area contributed by atoms with E-state index in [1.807, 2.05) is 74.7 Å². The van der Waals surface area contributed by atoms with Gasteiger partial charge in [-0.2, -0.15) is 0 Å². The topological polar surface area (TPSA) is 67.8 Å². The van der Waals surface area contributed by atoms with Crippen LogP contribution in [0.2, 0.25) is 0 Å². The van der Waals surface area contributed by atoms with Crippen molar-refractivity contribution >= 4 is 39.2 Å². The molecule has 7 nitrogen and oxygen atoms in total. The quantitative estimate of drug-likeness (QED) is 0.173. The third-order valence-electron chi connectivity index (χ3n) is 7.18. The van der Waals surface area contributed by atoms with Crippen molar-refractivity contribution in [3.05, 3.63) is 60.8 Å². The van der Waals surface area contributed by atoms with Gasteiger partial charge in [-0.3, -0.25) is 4.90 Å². The number of pyridine rings is 1. The lowest BCUT2D eigenvalue weighted by Gasteiger charge is -2.40. The van der Waals surface area contributed by atoms with Crippen molar-refractivity contribution in [1.29, 1.82) is 0 Å². The lowest BCUT2D eigenvalue weighted by molar-refractivity contribution is -0.0441. The number of benzene rings is 2. The Balaban J connectivity index is 0.00000271. The first-order valence-electron chi connectivity index (χ1n) is 15.9. The van der Waals surface area contributed by atoms with Crippen molar-refractivity contribution in [3.8, 4) is 21.7 Å². The lowest BCUT2D eigenvalue weighted by atomic mass is 10.0. The molecule has 0 N–H and O–H groups in total. The largest absolute Gasteiger partial charge is 0.443 e. The van der Waals surface area contributed by atoms with E-state index in [4.69, 9.17) is 19.4 Å². The van der Waals surface area contributed by atoms with E-state index in [9.17, 15) is 4.79 Å². The summed E-state index contributed by atoms with van der Waals surface area (Å²) in [4.78, 5) is 26.8. The third kappa shape index (κ3) is 9.50. The van der Waals surface area contributed by atoms with Gasteiger partial charge in [0.15, 0.2) is 0 Å². The Hall–Kier alpha value is -3.49. The number of hydrogen-bond donors (Lipinski definition) is 0. The molecule has 4 rings (SSSR count). The smallest absolute Gasteiger partial charge is 0.416 e. The monoisotopic (exact) mass is 632 g/mol. The van der Waals surface area contributed by atoms with Gasteiger partial charge in [0.25, 0.3) is 0 Å². The van der Waals surface area contributed by atoms with Crippen LogP contribution in [0.3, 0.4) is 0 Å². The maximum Gasteiger partial charge on any atom is 0.416 e. The Morgan fingerprint density at radius 1 is 0.867 bits per heavy atom. The van der Waals surface area contributed by atoms with Crippen molar-refractivity contribution in [3.63, 3.8) is 0 Å². The molecule has 0 aliphatic rings. The minimum atomic E-state index is -0.700. The van der Waals surface area contributed by atoms with Crippen molar-refractivity contribution in [2.45, 2.75) is 98.8 Å². The molecule has 0 unspecified atom stereocenters. The van der Waals surface area contributed by atoms with Crippen LogP contribution in [0.25, 0.3) is 31.9 Å². The predicted octanol–water partition coefficient (Wildman–Crippen LogP) is 10.2. The number of hydrogen-bond acceptors (Lipinski definition) is 7. The fraction of sp³-hybridized carbons (Fsp3) is 0.486. The normalized spacial score (nSPS) is 12.0. The van der Waals surface area contributed by atoms with Crippen LogP contribution in [0, 0.1) is 0 Å². The molecule has 0 aliphatic carbocycles. The number of carbonyl (C=O) groups is 1. The summed E-state index contributed by atoms with van der Waals surface area (Å²) in [5.74, 6) is 0.517. The number of anilines is 2. The number of ether oxygens (including phenoxy) is 2. The zero-order valence-electron chi connectivity index (χ0n) is 29.3. The summed E-state index contributed by atoms with van der Waals surface area (Å²) in [7, 11) is 4.09. The van der Waals surface area contributed by atoms with Gasteiger partial charge in [0.2, 0.25) is 0 Å². The first-order chi connectivity index (χ1) is 21.1. The molecule has 45 heavy (non-hydrogen) atoms. The Kier molecular flexibility index (Phi) is 11.8. The summed E-state index contributed by atoms with van der Waals surface area (Å²) in [6.07, 6.45) is 3.30. The molecular formula is C37H52N4O3S. The van der Waals surface area contributed by atoms with E-state index in [2.05, 4.69) is 68.1 Å². The second kappa shape index (κ2) is 14.7. The molecule has 0 bridgehead atoms. The van der Waals surface area contributed by atoms with E-state index in [0.717, 1.165) is 45.7 Å². The highest BCUT2D eigenvalue weighted by Gasteiger charge is 2.38. The highest BCUT2D eigenvalue weighted by atomic mass is 32.1. The lowest BCUT2D eigenvalue weighted by Crippen LogP contribution is -2.54. The van der Waals surface area contributed by atoms with Gasteiger partial charge in [0, 0.05) is 37.1 Å². The van der Waals surface area contributed by atoms with Crippen LogP contribution in [-0.4, -0.2) is 53.5 Å². The second-order valence-corrected chi connectivity index (χ2v) is 14.5. The van der Waals surface area contributed by atoms with Crippen LogP contribution in [0.15, 0.2) is 60.8 Å². The van der Waals surface area contributed by atoms with Crippen LogP contribution in [0.4, 0.5) is 16.3 Å². The Morgan fingerprint density at radius 3 is 2.04 bits per heavy atom. The van der Waals surface area contributed by atoms with Gasteiger partial charge < -0.3 is 14.4 Å². The van der Waals surface area contributed by atoms with Crippen LogP contribution < -0.4 is 9.80 Å². The molecular weight excluding hydrogens is 580 g/mol. The number of carbonyl (C=O) groups excluding carboxylic acids is 1. The number of fused-ring (bicyclic) bond motifs is 1. The third-order valence-corrected chi connectivity index (χ3v) is 8.25. The van der Waals surface area contributed by atoms with Crippen LogP contribution in [0.5, 0.6) is 0 Å². The van der Waals surface area contributed by atoms with Crippen LogP contribution >= 0.6 is 11.3 Å². The molecule has 0 aliphatic heterocycles. The summed E-state index contributed by atoms with van der Waals surface area (Å²) in [6, 6.07) is 18.6. The van der Waals surface area contributed by atoms with E-state index >= 15 is 0 Å². The first-order valence-corrected chi connectivity index (χ1v) is 16.7. The van der Waals surface area contributed by atoms with Gasteiger partial charge in [0.05, 0.1) is 28.0 Å². The predicted molar refractivity (Wildman–Crippen MR) is 192 cm³/mol. The molecule has 2 heterocycles. The highest BCUT2D eigenvalue weighted by Crippen LogP contribution is 2.34. The first kappa shape index (κ1) is 36.0. The highest BCUT2D eigenvalue weighted by molar-refractivity contribution is 7.21. The summed E-state index contributed by atoms with van der Waals surface area (Å²) >= 11 is 1.70. The number of amides is 1. The Morgan fingerprint density at radius 2 is 1.49 bits per heavy atom. The van der Waals surface area contributed by atoms with Crippen molar-refractivity contribution in [1.82, 2.24) is 9.97 Å². The molecule has 0 saturated carbocycles. The average molecular weight is 633 g/mol. The van der Waals surface area contributed by atoms with Crippen LogP contribution in [0.1, 0.15) is 82.1 Å². The van der Waals surface area contributed by atoms with Gasteiger partial charge in [0.1, 0.15) is 16.4 Å². The molecule has 244 valence electrons. The number of nitrogens with zero attached hydrogens (tertiary/aromatic N) is 4. The maximum absolute atomic E-state index is 13.5. The molecule has 0 radical (unpaired) electrons. The van der Waals surface area contributed by atoms with E-state index in [1.54, 1.807) is 22.4 Å². The maximum atomic E-state index is 13.5. The standard InChI is InChI=1S/C35H46N4O3S.C2H6/c1-11-20-35(7,8)41-23-34(5,6)39(32(40)42-33(2,3)4)30-19-16-26(22-36-30)24-12-14-25(15-13-24)31-37-28-18-17-27(38(9)10)21-29(28)43-31;1-2/h12-19,21-22H,11,20,23H2,1-10H3;1-2H3. The zero-order chi connectivity index (χ0) is 33.6. The zero-order valence-corrected chi connectivity index (χ0v) is 30.1. The van der Waals surface area contributed by atoms with E-state index < -0.39 is 17.2 Å². The number of aromatic nitrogens is 2. The van der Waals surface area contributed by atoms with Gasteiger partial charge in [-0.05, 0) is 90.8 Å². The van der Waals surface area contributed by atoms with E-state index in [1.165, 1.54) is 4.70 Å². The molecule has 0 saturated heterocycles. The summed E-state index contributed by atoms with van der Waals surface area (Å²) in [5, 5.41) is 0.991. The van der Waals surface area contributed by atoms with Gasteiger partial charge in [-0.1, -0.05) is 51.5 Å². The van der Waals surface area contributed by atoms with Gasteiger partial charge in [-0.25, -0.2) is 14.8 Å². The van der Waals surface area contributed by atoms with Crippen molar-refractivity contribution < 1.29 is 14.3 Å². The second-order valence-electron chi connectivity index (χ2n) is 13.5. The number of rotatable bonds is 10. The SMILES string of the molecule is CC.CCCC(C)(C)OCC(C)(C)N(C(=O)OC(C)(C)C)c1ccc(-c2ccc(-c3nc4ccc(N(C)C)cc4s3)cc2)cn1. The number of thiazole rings is 1. The minimum Gasteiger partial charge on any atom is -0.443 e. The Labute approximate surface area is 274 Å². The van der Waals surface area contributed by atoms with E-state index in [0.29, 0.717) is 12.4 Å². The van der Waals surface area contributed by atoms with Gasteiger partial charge in [-0.15, -0.1) is 11.3 Å². The summed E-state index contributed by atoms with van der Waals surface area (Å²) in [6.45, 7) is 20.2. The fourth-order valence-electron chi connectivity index (χ4n) is 4.88. The average Bonchev–Trinajstić information content (AvgIpc) is 3.40. The van der Waals surface area contributed by atoms with E-state index in [-0.39, 0.29) is 5.60 Å². The molecule has 0 fully saturated rings. The molecule has 8 heteroatoms. The molecule has 4 aromatic rings. The molecule has 1 amide bonds.